The van der Waals surface area contributed by atoms with Crippen LogP contribution in [0.2, 0.25) is 0 Å². The van der Waals surface area contributed by atoms with Gasteiger partial charge in [-0.2, -0.15) is 0 Å². The highest BCUT2D eigenvalue weighted by Gasteiger charge is 2.18. The fourth-order valence-electron chi connectivity index (χ4n) is 3.45. The molecule has 3 aromatic rings. The van der Waals surface area contributed by atoms with Gasteiger partial charge >= 0.3 is 0 Å². The van der Waals surface area contributed by atoms with E-state index in [0.717, 1.165) is 22.4 Å². The lowest BCUT2D eigenvalue weighted by Crippen LogP contribution is -2.33. The highest BCUT2D eigenvalue weighted by atomic mass is 32.2. The van der Waals surface area contributed by atoms with E-state index in [1.807, 2.05) is 66.7 Å². The highest BCUT2D eigenvalue weighted by Crippen LogP contribution is 2.24. The number of hydrogen-bond donors (Lipinski definition) is 2. The Labute approximate surface area is 196 Å². The van der Waals surface area contributed by atoms with E-state index in [9.17, 15) is 13.2 Å². The van der Waals surface area contributed by atoms with E-state index in [1.54, 1.807) is 19.2 Å². The Hall–Kier alpha value is -3.16. The maximum absolute atomic E-state index is 12.7. The first kappa shape index (κ1) is 24.5. The van der Waals surface area contributed by atoms with Crippen molar-refractivity contribution in [2.24, 2.45) is 0 Å². The van der Waals surface area contributed by atoms with E-state index in [2.05, 4.69) is 23.9 Å². The molecule has 3 aromatic carbocycles. The Morgan fingerprint density at radius 1 is 0.848 bits per heavy atom. The maximum Gasteiger partial charge on any atom is 0.240 e. The highest BCUT2D eigenvalue weighted by molar-refractivity contribution is 7.89. The second kappa shape index (κ2) is 11.1. The minimum atomic E-state index is -3.68. The summed E-state index contributed by atoms with van der Waals surface area (Å²) in [6.45, 7) is 4.11. The van der Waals surface area contributed by atoms with Crippen LogP contribution in [0.15, 0.2) is 83.8 Å². The number of nitrogens with one attached hydrogen (secondary N) is 2. The van der Waals surface area contributed by atoms with Crippen LogP contribution >= 0.6 is 0 Å². The topological polar surface area (TPSA) is 84.5 Å². The molecule has 0 aromatic heterocycles. The van der Waals surface area contributed by atoms with Crippen LogP contribution in [0.1, 0.15) is 48.9 Å². The van der Waals surface area contributed by atoms with Gasteiger partial charge in [-0.1, -0.05) is 68.4 Å². The number of benzene rings is 3. The van der Waals surface area contributed by atoms with Gasteiger partial charge in [0.25, 0.3) is 0 Å². The van der Waals surface area contributed by atoms with Gasteiger partial charge in [-0.15, -0.1) is 0 Å². The molecule has 2 N–H and O–H groups in total. The smallest absolute Gasteiger partial charge is 0.240 e. The fraction of sp³-hybridized carbons (Fsp3) is 0.269. The average molecular weight is 467 g/mol. The van der Waals surface area contributed by atoms with Gasteiger partial charge in [0.1, 0.15) is 5.75 Å². The largest absolute Gasteiger partial charge is 0.497 e. The monoisotopic (exact) mass is 466 g/mol. The summed E-state index contributed by atoms with van der Waals surface area (Å²) in [6, 6.07) is 23.6. The van der Waals surface area contributed by atoms with Gasteiger partial charge in [0.15, 0.2) is 0 Å². The van der Waals surface area contributed by atoms with Crippen molar-refractivity contribution in [3.8, 4) is 5.75 Å². The molecule has 174 valence electrons. The molecular weight excluding hydrogens is 436 g/mol. The molecule has 0 bridgehead atoms. The number of amides is 1. The standard InChI is InChI=1S/C26H30N2O4S/c1-19(2)20-11-15-24(16-12-20)33(30,31)27-18-17-25(29)28-26(21-7-5-4-6-8-21)22-9-13-23(32-3)14-10-22/h4-16,19,26-27H,17-18H2,1-3H3,(H,28,29). The summed E-state index contributed by atoms with van der Waals surface area (Å²) in [4.78, 5) is 12.9. The number of hydrogen-bond acceptors (Lipinski definition) is 4. The molecule has 0 radical (unpaired) electrons. The van der Waals surface area contributed by atoms with Gasteiger partial charge < -0.3 is 10.1 Å². The van der Waals surface area contributed by atoms with Crippen molar-refractivity contribution < 1.29 is 17.9 Å². The number of methoxy groups -OCH3 is 1. The van der Waals surface area contributed by atoms with Gasteiger partial charge in [-0.25, -0.2) is 13.1 Å². The first-order valence-electron chi connectivity index (χ1n) is 10.9. The Morgan fingerprint density at radius 3 is 2.00 bits per heavy atom. The lowest BCUT2D eigenvalue weighted by atomic mass is 9.98. The number of sulfonamides is 1. The minimum Gasteiger partial charge on any atom is -0.497 e. The second-order valence-corrected chi connectivity index (χ2v) is 9.82. The molecule has 0 aliphatic rings. The molecule has 33 heavy (non-hydrogen) atoms. The van der Waals surface area contributed by atoms with Crippen molar-refractivity contribution in [2.45, 2.75) is 37.1 Å². The van der Waals surface area contributed by atoms with Crippen LogP contribution in [0, 0.1) is 0 Å². The molecule has 0 saturated heterocycles. The van der Waals surface area contributed by atoms with Crippen LogP contribution in [0.4, 0.5) is 0 Å². The molecular formula is C26H30N2O4S. The van der Waals surface area contributed by atoms with Crippen molar-refractivity contribution >= 4 is 15.9 Å². The summed E-state index contributed by atoms with van der Waals surface area (Å²) >= 11 is 0. The zero-order valence-corrected chi connectivity index (χ0v) is 19.9. The summed E-state index contributed by atoms with van der Waals surface area (Å²) < 4.78 is 32.9. The summed E-state index contributed by atoms with van der Waals surface area (Å²) in [6.07, 6.45) is 0.0167. The molecule has 0 heterocycles. The van der Waals surface area contributed by atoms with E-state index >= 15 is 0 Å². The van der Waals surface area contributed by atoms with Crippen LogP contribution < -0.4 is 14.8 Å². The van der Waals surface area contributed by atoms with Crippen LogP contribution in [-0.4, -0.2) is 28.0 Å². The molecule has 0 fully saturated rings. The summed E-state index contributed by atoms with van der Waals surface area (Å²) in [7, 11) is -2.08. The third-order valence-corrected chi connectivity index (χ3v) is 6.87. The van der Waals surface area contributed by atoms with Crippen LogP contribution in [0.3, 0.4) is 0 Å². The van der Waals surface area contributed by atoms with Gasteiger partial charge in [0.05, 0.1) is 18.0 Å². The van der Waals surface area contributed by atoms with Crippen molar-refractivity contribution in [2.75, 3.05) is 13.7 Å². The van der Waals surface area contributed by atoms with Gasteiger partial charge in [0.2, 0.25) is 15.9 Å². The van der Waals surface area contributed by atoms with Crippen LogP contribution in [-0.2, 0) is 14.8 Å². The molecule has 0 saturated carbocycles. The van der Waals surface area contributed by atoms with Crippen molar-refractivity contribution in [1.82, 2.24) is 10.0 Å². The summed E-state index contributed by atoms with van der Waals surface area (Å²) in [5, 5.41) is 3.02. The van der Waals surface area contributed by atoms with Crippen LogP contribution in [0.25, 0.3) is 0 Å². The zero-order valence-electron chi connectivity index (χ0n) is 19.1. The lowest BCUT2D eigenvalue weighted by molar-refractivity contribution is -0.121. The normalized spacial score (nSPS) is 12.4. The number of rotatable bonds is 10. The molecule has 0 spiro atoms. The van der Waals surface area contributed by atoms with E-state index < -0.39 is 10.0 Å². The lowest BCUT2D eigenvalue weighted by Gasteiger charge is -2.20. The van der Waals surface area contributed by atoms with Crippen molar-refractivity contribution in [1.29, 1.82) is 0 Å². The van der Waals surface area contributed by atoms with Crippen molar-refractivity contribution in [3.05, 3.63) is 95.6 Å². The molecule has 1 unspecified atom stereocenters. The average Bonchev–Trinajstić information content (AvgIpc) is 2.83. The Morgan fingerprint density at radius 2 is 1.42 bits per heavy atom. The van der Waals surface area contributed by atoms with Gasteiger partial charge in [0, 0.05) is 13.0 Å². The molecule has 1 atom stereocenters. The van der Waals surface area contributed by atoms with E-state index in [0.29, 0.717) is 5.92 Å². The summed E-state index contributed by atoms with van der Waals surface area (Å²) in [5.41, 5.74) is 2.90. The Kier molecular flexibility index (Phi) is 8.25. The van der Waals surface area contributed by atoms with Crippen LogP contribution in [0.5, 0.6) is 5.75 Å². The predicted octanol–water partition coefficient (Wildman–Crippen LogP) is 4.39. The SMILES string of the molecule is COc1ccc(C(NC(=O)CCNS(=O)(=O)c2ccc(C(C)C)cc2)c2ccccc2)cc1. The molecule has 6 nitrogen and oxygen atoms in total. The third-order valence-electron chi connectivity index (χ3n) is 5.39. The molecule has 0 aliphatic heterocycles. The number of carbonyl (C=O) groups is 1. The second-order valence-electron chi connectivity index (χ2n) is 8.06. The molecule has 0 aliphatic carbocycles. The number of ether oxygens (including phenoxy) is 1. The zero-order chi connectivity index (χ0) is 23.8. The van der Waals surface area contributed by atoms with E-state index in [-0.39, 0.29) is 29.8 Å². The van der Waals surface area contributed by atoms with Gasteiger partial charge in [-0.05, 0) is 46.9 Å². The maximum atomic E-state index is 12.7. The molecule has 7 heteroatoms. The predicted molar refractivity (Wildman–Crippen MR) is 130 cm³/mol. The fourth-order valence-corrected chi connectivity index (χ4v) is 4.48. The first-order chi connectivity index (χ1) is 15.8. The third kappa shape index (κ3) is 6.66. The number of carbonyl (C=O) groups excluding carboxylic acids is 1. The molecule has 1 amide bonds. The quantitative estimate of drug-likeness (QED) is 0.464. The first-order valence-corrected chi connectivity index (χ1v) is 12.4. The van der Waals surface area contributed by atoms with Crippen molar-refractivity contribution in [3.63, 3.8) is 0 Å². The summed E-state index contributed by atoms with van der Waals surface area (Å²) in [5.74, 6) is 0.798. The van der Waals surface area contributed by atoms with Gasteiger partial charge in [-0.3, -0.25) is 4.79 Å². The molecule has 3 rings (SSSR count). The Balaban J connectivity index is 1.64. The van der Waals surface area contributed by atoms with E-state index in [1.165, 1.54) is 0 Å². The minimum absolute atomic E-state index is 0.00419. The van der Waals surface area contributed by atoms with E-state index in [4.69, 9.17) is 4.74 Å². The Bertz CT molecular complexity index is 1140.